The summed E-state index contributed by atoms with van der Waals surface area (Å²) >= 11 is 7.15. The smallest absolute Gasteiger partial charge is 0.259 e. The van der Waals surface area contributed by atoms with Crippen LogP contribution in [0.2, 0.25) is 5.02 Å². The zero-order valence-corrected chi connectivity index (χ0v) is 20.9. The van der Waals surface area contributed by atoms with Gasteiger partial charge in [0, 0.05) is 29.2 Å². The molecule has 0 spiro atoms. The van der Waals surface area contributed by atoms with Gasteiger partial charge in [-0.3, -0.25) is 19.4 Å². The maximum Gasteiger partial charge on any atom is 0.259 e. The van der Waals surface area contributed by atoms with E-state index in [0.717, 1.165) is 30.2 Å². The standard InChI is InChI=1S/C25H26ClN5O3S/c1-2-3-13-27-21(32)12-11-20-24(34)31-23(29-20)18-9-4-5-10-19(18)30-25(31)35-15-22(33)28-17-8-6-7-16(26)14-17/h4-10,14,20H,2-3,11-13,15H2,1H3,(H,27,32)(H,28,33)/t20-/m0/s1. The summed E-state index contributed by atoms with van der Waals surface area (Å²) in [5.74, 6) is -0.0104. The average Bonchev–Trinajstić information content (AvgIpc) is 3.18. The first-order chi connectivity index (χ1) is 17.0. The topological polar surface area (TPSA) is 103 Å². The lowest BCUT2D eigenvalue weighted by Crippen LogP contribution is -2.41. The van der Waals surface area contributed by atoms with Crippen molar-refractivity contribution in [3.8, 4) is 0 Å². The maximum atomic E-state index is 13.3. The monoisotopic (exact) mass is 511 g/mol. The second-order valence-electron chi connectivity index (χ2n) is 8.14. The largest absolute Gasteiger partial charge is 0.356 e. The number of rotatable bonds is 9. The van der Waals surface area contributed by atoms with Gasteiger partial charge in [0.1, 0.15) is 11.9 Å². The van der Waals surface area contributed by atoms with Crippen molar-refractivity contribution >= 4 is 63.5 Å². The van der Waals surface area contributed by atoms with Crippen LogP contribution in [-0.2, 0) is 14.4 Å². The normalized spacial score (nSPS) is 16.2. The molecule has 0 fully saturated rings. The van der Waals surface area contributed by atoms with Crippen molar-refractivity contribution in [3.05, 3.63) is 59.1 Å². The number of carbonyl (C=O) groups excluding carboxylic acids is 3. The lowest BCUT2D eigenvalue weighted by atomic mass is 10.1. The van der Waals surface area contributed by atoms with Crippen LogP contribution in [0.1, 0.15) is 38.2 Å². The summed E-state index contributed by atoms with van der Waals surface area (Å²) in [6.07, 6.45) is 2.45. The molecule has 0 saturated heterocycles. The Morgan fingerprint density at radius 1 is 1.14 bits per heavy atom. The number of hydrogen-bond acceptors (Lipinski definition) is 6. The van der Waals surface area contributed by atoms with E-state index in [1.165, 1.54) is 4.90 Å². The minimum Gasteiger partial charge on any atom is -0.356 e. The van der Waals surface area contributed by atoms with Crippen LogP contribution in [-0.4, -0.2) is 52.0 Å². The first-order valence-electron chi connectivity index (χ1n) is 11.5. The van der Waals surface area contributed by atoms with Gasteiger partial charge in [-0.1, -0.05) is 54.9 Å². The van der Waals surface area contributed by atoms with Crippen LogP contribution >= 0.6 is 23.4 Å². The number of nitrogens with zero attached hydrogens (tertiary/aromatic N) is 3. The Morgan fingerprint density at radius 3 is 2.77 bits per heavy atom. The van der Waals surface area contributed by atoms with Crippen molar-refractivity contribution in [1.82, 2.24) is 10.2 Å². The third kappa shape index (κ3) is 6.10. The summed E-state index contributed by atoms with van der Waals surface area (Å²) in [4.78, 5) is 48.7. The molecule has 1 atom stereocenters. The number of amides is 3. The highest BCUT2D eigenvalue weighted by atomic mass is 35.5. The van der Waals surface area contributed by atoms with E-state index in [-0.39, 0.29) is 29.9 Å². The first-order valence-corrected chi connectivity index (χ1v) is 12.9. The van der Waals surface area contributed by atoms with E-state index in [9.17, 15) is 14.4 Å². The number of halogens is 1. The van der Waals surface area contributed by atoms with Crippen molar-refractivity contribution in [2.45, 2.75) is 38.6 Å². The number of unbranched alkanes of at least 4 members (excludes halogenated alkanes) is 1. The van der Waals surface area contributed by atoms with Gasteiger partial charge in [-0.15, -0.1) is 0 Å². The van der Waals surface area contributed by atoms with Gasteiger partial charge < -0.3 is 10.6 Å². The van der Waals surface area contributed by atoms with Crippen LogP contribution in [0, 0.1) is 0 Å². The van der Waals surface area contributed by atoms with Crippen molar-refractivity contribution < 1.29 is 14.4 Å². The molecular weight excluding hydrogens is 486 g/mol. The van der Waals surface area contributed by atoms with E-state index in [4.69, 9.17) is 11.6 Å². The molecule has 4 rings (SSSR count). The molecule has 2 aromatic carbocycles. The minimum atomic E-state index is -0.667. The second kappa shape index (κ2) is 11.5. The average molecular weight is 512 g/mol. The summed E-state index contributed by atoms with van der Waals surface area (Å²) in [7, 11) is 0. The van der Waals surface area contributed by atoms with E-state index in [1.54, 1.807) is 24.3 Å². The van der Waals surface area contributed by atoms with Crippen LogP contribution < -0.4 is 10.6 Å². The molecule has 8 nitrogen and oxygen atoms in total. The summed E-state index contributed by atoms with van der Waals surface area (Å²) in [5, 5.41) is 6.59. The number of para-hydroxylation sites is 1. The van der Waals surface area contributed by atoms with Gasteiger partial charge >= 0.3 is 0 Å². The van der Waals surface area contributed by atoms with Crippen molar-refractivity contribution in [2.75, 3.05) is 17.6 Å². The van der Waals surface area contributed by atoms with E-state index >= 15 is 0 Å². The molecule has 35 heavy (non-hydrogen) atoms. The maximum absolute atomic E-state index is 13.3. The Morgan fingerprint density at radius 2 is 1.97 bits per heavy atom. The fourth-order valence-corrected chi connectivity index (χ4v) is 4.73. The van der Waals surface area contributed by atoms with Gasteiger partial charge in [-0.2, -0.15) is 0 Å². The predicted molar refractivity (Wildman–Crippen MR) is 140 cm³/mol. The van der Waals surface area contributed by atoms with Gasteiger partial charge in [0.05, 0.1) is 11.4 Å². The highest BCUT2D eigenvalue weighted by Crippen LogP contribution is 2.34. The van der Waals surface area contributed by atoms with Gasteiger partial charge in [-0.05, 0) is 43.2 Å². The van der Waals surface area contributed by atoms with Gasteiger partial charge in [0.25, 0.3) is 5.91 Å². The number of fused-ring (bicyclic) bond motifs is 3. The highest BCUT2D eigenvalue weighted by molar-refractivity contribution is 8.14. The van der Waals surface area contributed by atoms with E-state index in [0.29, 0.717) is 40.4 Å². The van der Waals surface area contributed by atoms with Gasteiger partial charge in [0.2, 0.25) is 11.8 Å². The summed E-state index contributed by atoms with van der Waals surface area (Å²) < 4.78 is 0. The van der Waals surface area contributed by atoms with E-state index < -0.39 is 6.04 Å². The number of thioether (sulfide) groups is 1. The third-order valence-corrected chi connectivity index (χ3v) is 6.66. The molecule has 182 valence electrons. The Labute approximate surface area is 213 Å². The van der Waals surface area contributed by atoms with Crippen molar-refractivity contribution in [3.63, 3.8) is 0 Å². The number of benzene rings is 2. The SMILES string of the molecule is CCCCNC(=O)CC[C@@H]1N=C2c3ccccc3N=C(SCC(=O)Nc3cccc(Cl)c3)N2C1=O. The van der Waals surface area contributed by atoms with Crippen LogP contribution in [0.4, 0.5) is 11.4 Å². The third-order valence-electron chi connectivity index (χ3n) is 5.49. The van der Waals surface area contributed by atoms with Crippen LogP contribution in [0.5, 0.6) is 0 Å². The highest BCUT2D eigenvalue weighted by Gasteiger charge is 2.41. The Bertz CT molecular complexity index is 1200. The number of amidine groups is 2. The quantitative estimate of drug-likeness (QED) is 0.488. The molecule has 0 bridgehead atoms. The van der Waals surface area contributed by atoms with Crippen LogP contribution in [0.3, 0.4) is 0 Å². The summed E-state index contributed by atoms with van der Waals surface area (Å²) in [5.41, 5.74) is 2.03. The molecule has 0 unspecified atom stereocenters. The molecule has 10 heteroatoms. The Hall–Kier alpha value is -3.17. The zero-order valence-electron chi connectivity index (χ0n) is 19.3. The van der Waals surface area contributed by atoms with Crippen LogP contribution in [0.25, 0.3) is 0 Å². The Balaban J connectivity index is 1.45. The molecule has 2 aliphatic rings. The fourth-order valence-electron chi connectivity index (χ4n) is 3.74. The first kappa shape index (κ1) is 24.9. The van der Waals surface area contributed by atoms with Crippen molar-refractivity contribution in [1.29, 1.82) is 0 Å². The Kier molecular flexibility index (Phi) is 8.20. The molecule has 0 saturated carbocycles. The molecule has 0 radical (unpaired) electrons. The van der Waals surface area contributed by atoms with E-state index in [1.807, 2.05) is 24.3 Å². The summed E-state index contributed by atoms with van der Waals surface area (Å²) in [6, 6.07) is 13.7. The summed E-state index contributed by atoms with van der Waals surface area (Å²) in [6.45, 7) is 2.69. The molecule has 0 aromatic heterocycles. The van der Waals surface area contributed by atoms with Gasteiger partial charge in [0.15, 0.2) is 5.17 Å². The van der Waals surface area contributed by atoms with Crippen molar-refractivity contribution in [2.24, 2.45) is 9.98 Å². The molecule has 2 heterocycles. The second-order valence-corrected chi connectivity index (χ2v) is 9.52. The molecule has 2 aliphatic heterocycles. The number of nitrogens with one attached hydrogen (secondary N) is 2. The zero-order chi connectivity index (χ0) is 24.8. The van der Waals surface area contributed by atoms with Crippen LogP contribution in [0.15, 0.2) is 58.5 Å². The predicted octanol–water partition coefficient (Wildman–Crippen LogP) is 4.37. The number of hydrogen-bond donors (Lipinski definition) is 2. The fraction of sp³-hybridized carbons (Fsp3) is 0.320. The molecule has 0 aliphatic carbocycles. The van der Waals surface area contributed by atoms with Gasteiger partial charge in [-0.25, -0.2) is 9.89 Å². The molecule has 2 aromatic rings. The number of carbonyl (C=O) groups is 3. The number of anilines is 1. The molecule has 2 N–H and O–H groups in total. The lowest BCUT2D eigenvalue weighted by Gasteiger charge is -2.25. The number of aliphatic imine (C=N–C) groups is 2. The lowest BCUT2D eigenvalue weighted by molar-refractivity contribution is -0.125. The van der Waals surface area contributed by atoms with E-state index in [2.05, 4.69) is 27.5 Å². The molecule has 3 amide bonds. The minimum absolute atomic E-state index is 0.0507. The molecular formula is C25H26ClN5O3S.